The average molecular weight is 389 g/mol. The summed E-state index contributed by atoms with van der Waals surface area (Å²) in [5, 5.41) is 11.3. The summed E-state index contributed by atoms with van der Waals surface area (Å²) in [6.45, 7) is 1.77. The second kappa shape index (κ2) is 6.60. The van der Waals surface area contributed by atoms with E-state index in [9.17, 15) is 13.2 Å². The first kappa shape index (κ1) is 17.6. The van der Waals surface area contributed by atoms with Gasteiger partial charge in [0.1, 0.15) is 5.15 Å². The van der Waals surface area contributed by atoms with Gasteiger partial charge in [0, 0.05) is 11.3 Å². The minimum absolute atomic E-state index is 0.0600. The monoisotopic (exact) mass is 388 g/mol. The lowest BCUT2D eigenvalue weighted by Gasteiger charge is -2.06. The minimum atomic E-state index is -4.66. The zero-order chi connectivity index (χ0) is 18.2. The first-order valence-electron chi connectivity index (χ1n) is 6.99. The summed E-state index contributed by atoms with van der Waals surface area (Å²) in [5.41, 5.74) is 2.14. The number of aromatic nitrogens is 5. The number of para-hydroxylation sites is 1. The molecule has 2 aromatic heterocycles. The van der Waals surface area contributed by atoms with Gasteiger partial charge in [-0.1, -0.05) is 41.6 Å². The molecule has 11 heteroatoms. The SMILES string of the molecule is Cc1nn(-c2ccccc2)c(Cl)c1CSc1nnc(C(F)(F)F)n1N. The quantitative estimate of drug-likeness (QED) is 0.547. The number of hydrogen-bond donors (Lipinski definition) is 1. The van der Waals surface area contributed by atoms with Crippen LogP contribution in [0.25, 0.3) is 5.69 Å². The Morgan fingerprint density at radius 3 is 2.48 bits per heavy atom. The Morgan fingerprint density at radius 2 is 1.88 bits per heavy atom. The number of benzene rings is 1. The van der Waals surface area contributed by atoms with E-state index in [-0.39, 0.29) is 10.9 Å². The topological polar surface area (TPSA) is 74.5 Å². The molecule has 3 aromatic rings. The number of thioether (sulfide) groups is 1. The van der Waals surface area contributed by atoms with Crippen molar-refractivity contribution in [1.82, 2.24) is 24.7 Å². The van der Waals surface area contributed by atoms with Crippen molar-refractivity contribution >= 4 is 23.4 Å². The van der Waals surface area contributed by atoms with E-state index in [1.807, 2.05) is 30.3 Å². The van der Waals surface area contributed by atoms with Crippen molar-refractivity contribution in [2.45, 2.75) is 24.0 Å². The molecule has 0 aliphatic carbocycles. The van der Waals surface area contributed by atoms with E-state index in [1.54, 1.807) is 11.6 Å². The summed E-state index contributed by atoms with van der Waals surface area (Å²) in [4.78, 5) is 0. The van der Waals surface area contributed by atoms with Crippen LogP contribution in [-0.2, 0) is 11.9 Å². The first-order chi connectivity index (χ1) is 11.8. The number of alkyl halides is 3. The molecule has 25 heavy (non-hydrogen) atoms. The molecule has 0 aliphatic heterocycles. The van der Waals surface area contributed by atoms with Gasteiger partial charge in [0.15, 0.2) is 0 Å². The Hall–Kier alpha value is -2.20. The van der Waals surface area contributed by atoms with E-state index in [4.69, 9.17) is 17.4 Å². The molecule has 0 bridgehead atoms. The van der Waals surface area contributed by atoms with Crippen molar-refractivity contribution in [2.24, 2.45) is 0 Å². The van der Waals surface area contributed by atoms with Crippen LogP contribution in [0.15, 0.2) is 35.5 Å². The van der Waals surface area contributed by atoms with Crippen LogP contribution >= 0.6 is 23.4 Å². The van der Waals surface area contributed by atoms with Crippen LogP contribution in [0.4, 0.5) is 13.2 Å². The van der Waals surface area contributed by atoms with E-state index in [1.165, 1.54) is 0 Å². The van der Waals surface area contributed by atoms with Gasteiger partial charge in [-0.3, -0.25) is 0 Å². The van der Waals surface area contributed by atoms with Crippen LogP contribution in [0, 0.1) is 6.92 Å². The third kappa shape index (κ3) is 3.45. The van der Waals surface area contributed by atoms with E-state index in [2.05, 4.69) is 15.3 Å². The van der Waals surface area contributed by atoms with Crippen LogP contribution in [-0.4, -0.2) is 24.7 Å². The highest BCUT2D eigenvalue weighted by molar-refractivity contribution is 7.98. The molecule has 0 fully saturated rings. The van der Waals surface area contributed by atoms with Gasteiger partial charge in [0.2, 0.25) is 5.16 Å². The zero-order valence-corrected chi connectivity index (χ0v) is 14.4. The molecule has 3 rings (SSSR count). The Bertz CT molecular complexity index is 890. The van der Waals surface area contributed by atoms with Crippen LogP contribution in [0.3, 0.4) is 0 Å². The number of rotatable bonds is 4. The number of aryl methyl sites for hydroxylation is 1. The molecule has 2 N–H and O–H groups in total. The van der Waals surface area contributed by atoms with Crippen molar-refractivity contribution in [3.8, 4) is 5.69 Å². The minimum Gasteiger partial charge on any atom is -0.335 e. The van der Waals surface area contributed by atoms with E-state index >= 15 is 0 Å². The maximum Gasteiger partial charge on any atom is 0.453 e. The largest absolute Gasteiger partial charge is 0.453 e. The first-order valence-corrected chi connectivity index (χ1v) is 8.35. The van der Waals surface area contributed by atoms with Gasteiger partial charge in [0.05, 0.1) is 11.4 Å². The lowest BCUT2D eigenvalue weighted by atomic mass is 10.3. The van der Waals surface area contributed by atoms with Crippen molar-refractivity contribution in [3.63, 3.8) is 0 Å². The van der Waals surface area contributed by atoms with Crippen molar-refractivity contribution in [1.29, 1.82) is 0 Å². The summed E-state index contributed by atoms with van der Waals surface area (Å²) in [6, 6.07) is 9.28. The van der Waals surface area contributed by atoms with Crippen molar-refractivity contribution in [2.75, 3.05) is 5.84 Å². The number of hydrogen-bond acceptors (Lipinski definition) is 5. The molecule has 0 radical (unpaired) electrons. The van der Waals surface area contributed by atoms with Crippen LogP contribution in [0.1, 0.15) is 17.1 Å². The lowest BCUT2D eigenvalue weighted by Crippen LogP contribution is -2.21. The average Bonchev–Trinajstić information content (AvgIpc) is 3.06. The third-order valence-corrected chi connectivity index (χ3v) is 4.74. The molecule has 132 valence electrons. The zero-order valence-electron chi connectivity index (χ0n) is 12.8. The highest BCUT2D eigenvalue weighted by atomic mass is 35.5. The summed E-state index contributed by atoms with van der Waals surface area (Å²) >= 11 is 7.38. The Kier molecular flexibility index (Phi) is 4.65. The van der Waals surface area contributed by atoms with Gasteiger partial charge in [-0.25, -0.2) is 9.36 Å². The lowest BCUT2D eigenvalue weighted by molar-refractivity contribution is -0.146. The maximum absolute atomic E-state index is 12.7. The van der Waals surface area contributed by atoms with Gasteiger partial charge in [-0.05, 0) is 19.1 Å². The van der Waals surface area contributed by atoms with E-state index in [0.717, 1.165) is 17.4 Å². The summed E-state index contributed by atoms with van der Waals surface area (Å²) < 4.78 is 40.1. The van der Waals surface area contributed by atoms with E-state index in [0.29, 0.717) is 21.1 Å². The molecule has 0 saturated heterocycles. The molecule has 0 saturated carbocycles. The van der Waals surface area contributed by atoms with Gasteiger partial charge in [-0.2, -0.15) is 18.3 Å². The highest BCUT2D eigenvalue weighted by Gasteiger charge is 2.38. The van der Waals surface area contributed by atoms with Gasteiger partial charge >= 0.3 is 6.18 Å². The molecule has 0 atom stereocenters. The number of nitrogens with zero attached hydrogens (tertiary/aromatic N) is 5. The molecule has 0 aliphatic rings. The fourth-order valence-corrected chi connectivity index (χ4v) is 3.50. The summed E-state index contributed by atoms with van der Waals surface area (Å²) in [5.74, 6) is 4.43. The molecule has 0 unspecified atom stereocenters. The van der Waals surface area contributed by atoms with Crippen LogP contribution < -0.4 is 5.84 Å². The van der Waals surface area contributed by atoms with Crippen LogP contribution in [0.2, 0.25) is 5.15 Å². The Labute approximate surface area is 149 Å². The van der Waals surface area contributed by atoms with Crippen LogP contribution in [0.5, 0.6) is 0 Å². The fraction of sp³-hybridized carbons (Fsp3) is 0.214. The normalized spacial score (nSPS) is 11.9. The van der Waals surface area contributed by atoms with Gasteiger partial charge < -0.3 is 5.84 Å². The Morgan fingerprint density at radius 1 is 1.20 bits per heavy atom. The third-order valence-electron chi connectivity index (χ3n) is 3.39. The van der Waals surface area contributed by atoms with Gasteiger partial charge in [-0.15, -0.1) is 10.2 Å². The van der Waals surface area contributed by atoms with Crippen molar-refractivity contribution < 1.29 is 13.2 Å². The molecular formula is C14H12ClF3N6S. The smallest absolute Gasteiger partial charge is 0.335 e. The maximum atomic E-state index is 12.7. The predicted octanol–water partition coefficient (Wildman–Crippen LogP) is 3.45. The fourth-order valence-electron chi connectivity index (χ4n) is 2.14. The molecule has 0 amide bonds. The molecule has 6 nitrogen and oxygen atoms in total. The van der Waals surface area contributed by atoms with Gasteiger partial charge in [0.25, 0.3) is 5.82 Å². The van der Waals surface area contributed by atoms with E-state index < -0.39 is 12.0 Å². The molecule has 1 aromatic carbocycles. The summed E-state index contributed by atoms with van der Waals surface area (Å²) in [6.07, 6.45) is -4.66. The highest BCUT2D eigenvalue weighted by Crippen LogP contribution is 2.32. The number of nitrogens with two attached hydrogens (primary N) is 1. The Balaban J connectivity index is 1.83. The standard InChI is InChI=1S/C14H12ClF3N6S/c1-8-10(11(15)24(22-8)9-5-3-2-4-6-9)7-25-13-21-20-12(23(13)19)14(16,17)18/h2-6H,7,19H2,1H3. The molecule has 0 spiro atoms. The molecular weight excluding hydrogens is 377 g/mol. The second-order valence-electron chi connectivity index (χ2n) is 5.06. The predicted molar refractivity (Wildman–Crippen MR) is 88.0 cm³/mol. The second-order valence-corrected chi connectivity index (χ2v) is 6.37. The molecule has 2 heterocycles. The number of nitrogen functional groups attached to an aromatic ring is 1. The number of halogens is 4. The summed E-state index contributed by atoms with van der Waals surface area (Å²) in [7, 11) is 0. The van der Waals surface area contributed by atoms with Crippen molar-refractivity contribution in [3.05, 3.63) is 52.6 Å².